The molecule has 182 valence electrons. The van der Waals surface area contributed by atoms with Crippen LogP contribution in [0.5, 0.6) is 0 Å². The molecule has 3 unspecified atom stereocenters. The van der Waals surface area contributed by atoms with E-state index in [0.717, 1.165) is 0 Å². The Balaban J connectivity index is 1.38. The SMILES string of the molecule is C[C@@]1(O)[C@H](O)C(OP2(=O)OCCC(c3ccc(Cl)c(Cl)c3)O2)O[C@H]1n1cnc2c(N)ncnc21. The molecule has 6 atom stereocenters. The highest BCUT2D eigenvalue weighted by molar-refractivity contribution is 7.48. The molecule has 4 N–H and O–H groups in total. The number of phosphoric acid groups is 1. The Kier molecular flexibility index (Phi) is 6.08. The van der Waals surface area contributed by atoms with E-state index in [2.05, 4.69) is 15.0 Å². The topological polar surface area (TPSA) is 164 Å². The Labute approximate surface area is 203 Å². The number of ether oxygens (including phenoxy) is 1. The number of nitrogens with two attached hydrogens (primary N) is 1. The Morgan fingerprint density at radius 3 is 2.85 bits per heavy atom. The van der Waals surface area contributed by atoms with Crippen molar-refractivity contribution in [2.75, 3.05) is 12.3 Å². The lowest BCUT2D eigenvalue weighted by molar-refractivity contribution is -0.145. The van der Waals surface area contributed by atoms with Gasteiger partial charge in [0.05, 0.1) is 29.1 Å². The number of imidazole rings is 1. The maximum atomic E-state index is 13.3. The van der Waals surface area contributed by atoms with Gasteiger partial charge < -0.3 is 20.7 Å². The van der Waals surface area contributed by atoms with Crippen molar-refractivity contribution >= 4 is 48.0 Å². The van der Waals surface area contributed by atoms with Crippen molar-refractivity contribution in [2.45, 2.75) is 43.7 Å². The second-order valence-electron chi connectivity index (χ2n) is 8.05. The number of aliphatic hydroxyl groups is 2. The van der Waals surface area contributed by atoms with Gasteiger partial charge in [0.25, 0.3) is 0 Å². The van der Waals surface area contributed by atoms with Crippen molar-refractivity contribution in [3.05, 3.63) is 46.5 Å². The van der Waals surface area contributed by atoms with Crippen LogP contribution >= 0.6 is 31.0 Å². The molecule has 1 aromatic carbocycles. The molecular formula is C19H20Cl2N5O7P. The molecule has 2 aliphatic rings. The molecular weight excluding hydrogens is 512 g/mol. The minimum Gasteiger partial charge on any atom is -0.385 e. The van der Waals surface area contributed by atoms with Crippen LogP contribution in [-0.4, -0.2) is 54.3 Å². The van der Waals surface area contributed by atoms with Gasteiger partial charge in [0.2, 0.25) is 6.29 Å². The molecule has 2 aliphatic heterocycles. The second-order valence-corrected chi connectivity index (χ2v) is 10.4. The van der Waals surface area contributed by atoms with E-state index in [1.165, 1.54) is 24.1 Å². The maximum Gasteiger partial charge on any atom is 0.477 e. The summed E-state index contributed by atoms with van der Waals surface area (Å²) in [5.41, 5.74) is 5.11. The molecule has 12 nitrogen and oxygen atoms in total. The predicted molar refractivity (Wildman–Crippen MR) is 120 cm³/mol. The normalized spacial score (nSPS) is 34.0. The monoisotopic (exact) mass is 531 g/mol. The van der Waals surface area contributed by atoms with Crippen molar-refractivity contribution in [3.63, 3.8) is 0 Å². The quantitative estimate of drug-likeness (QED) is 0.423. The average Bonchev–Trinajstić information content (AvgIpc) is 3.30. The Hall–Kier alpha value is -1.86. The minimum atomic E-state index is -4.21. The fourth-order valence-electron chi connectivity index (χ4n) is 3.87. The maximum absolute atomic E-state index is 13.3. The van der Waals surface area contributed by atoms with Crippen molar-refractivity contribution < 1.29 is 33.1 Å². The zero-order valence-corrected chi connectivity index (χ0v) is 20.0. The van der Waals surface area contributed by atoms with Gasteiger partial charge in [-0.2, -0.15) is 0 Å². The zero-order chi connectivity index (χ0) is 24.3. The van der Waals surface area contributed by atoms with E-state index in [1.807, 2.05) is 0 Å². The van der Waals surface area contributed by atoms with Crippen molar-refractivity contribution in [1.29, 1.82) is 0 Å². The summed E-state index contributed by atoms with van der Waals surface area (Å²) in [6.07, 6.45) is -2.13. The molecule has 2 saturated heterocycles. The molecule has 2 fully saturated rings. The molecule has 3 aromatic rings. The van der Waals surface area contributed by atoms with E-state index in [0.29, 0.717) is 22.0 Å². The number of hydrogen-bond acceptors (Lipinski definition) is 11. The van der Waals surface area contributed by atoms with E-state index < -0.39 is 38.1 Å². The molecule has 2 aromatic heterocycles. The molecule has 5 rings (SSSR count). The van der Waals surface area contributed by atoms with Crippen LogP contribution in [0.3, 0.4) is 0 Å². The van der Waals surface area contributed by atoms with Crippen LogP contribution in [0.4, 0.5) is 5.82 Å². The van der Waals surface area contributed by atoms with Crippen molar-refractivity contribution in [2.24, 2.45) is 0 Å². The van der Waals surface area contributed by atoms with E-state index in [1.54, 1.807) is 18.2 Å². The highest BCUT2D eigenvalue weighted by atomic mass is 35.5. The summed E-state index contributed by atoms with van der Waals surface area (Å²) in [5.74, 6) is 0.136. The number of anilines is 1. The number of benzene rings is 1. The zero-order valence-electron chi connectivity index (χ0n) is 17.6. The summed E-state index contributed by atoms with van der Waals surface area (Å²) in [7, 11) is -4.21. The summed E-state index contributed by atoms with van der Waals surface area (Å²) >= 11 is 12.1. The standard InChI is InChI=1S/C19H20Cl2N5O7P/c1-19(28)14(27)17(31-18(19)26-8-25-13-15(22)23-7-24-16(13)26)33-34(29)30-5-4-12(32-34)9-2-3-10(20)11(21)6-9/h2-3,6-8,12,14,17-18,27-28H,4-5H2,1H3,(H2,22,23,24)/t12?,14-,17?,18-,19-,34?/m1/s1. The summed E-state index contributed by atoms with van der Waals surface area (Å²) in [6, 6.07) is 4.89. The van der Waals surface area contributed by atoms with Crippen LogP contribution in [0.15, 0.2) is 30.9 Å². The van der Waals surface area contributed by atoms with Crippen LogP contribution in [-0.2, 0) is 22.9 Å². The Morgan fingerprint density at radius 2 is 2.09 bits per heavy atom. The third-order valence-corrected chi connectivity index (χ3v) is 7.91. The van der Waals surface area contributed by atoms with Crippen LogP contribution in [0.2, 0.25) is 10.0 Å². The van der Waals surface area contributed by atoms with Gasteiger partial charge in [-0.05, 0) is 24.6 Å². The van der Waals surface area contributed by atoms with Gasteiger partial charge in [-0.1, -0.05) is 29.3 Å². The van der Waals surface area contributed by atoms with E-state index >= 15 is 0 Å². The van der Waals surface area contributed by atoms with Gasteiger partial charge in [0.1, 0.15) is 23.5 Å². The van der Waals surface area contributed by atoms with E-state index in [-0.39, 0.29) is 23.6 Å². The van der Waals surface area contributed by atoms with Gasteiger partial charge in [-0.25, -0.2) is 19.5 Å². The Morgan fingerprint density at radius 1 is 1.29 bits per heavy atom. The first-order valence-electron chi connectivity index (χ1n) is 10.1. The average molecular weight is 532 g/mol. The second kappa shape index (κ2) is 8.66. The Bertz CT molecular complexity index is 1290. The number of fused-ring (bicyclic) bond motifs is 1. The summed E-state index contributed by atoms with van der Waals surface area (Å²) in [6.45, 7) is 1.38. The van der Waals surface area contributed by atoms with Gasteiger partial charge in [-0.15, -0.1) is 0 Å². The first-order valence-corrected chi connectivity index (χ1v) is 12.4. The highest BCUT2D eigenvalue weighted by Crippen LogP contribution is 2.59. The van der Waals surface area contributed by atoms with Crippen LogP contribution in [0.25, 0.3) is 11.2 Å². The number of phosphoric ester groups is 1. The number of rotatable bonds is 4. The highest BCUT2D eigenvalue weighted by Gasteiger charge is 2.57. The molecule has 34 heavy (non-hydrogen) atoms. The van der Waals surface area contributed by atoms with Gasteiger partial charge in [0, 0.05) is 6.42 Å². The fourth-order valence-corrected chi connectivity index (χ4v) is 5.63. The molecule has 0 aliphatic carbocycles. The third-order valence-electron chi connectivity index (χ3n) is 5.69. The van der Waals surface area contributed by atoms with Gasteiger partial charge in [-0.3, -0.25) is 18.1 Å². The van der Waals surface area contributed by atoms with Crippen molar-refractivity contribution in [3.8, 4) is 0 Å². The summed E-state index contributed by atoms with van der Waals surface area (Å²) in [5, 5.41) is 22.5. The first kappa shape index (κ1) is 23.9. The largest absolute Gasteiger partial charge is 0.477 e. The molecule has 15 heteroatoms. The smallest absolute Gasteiger partial charge is 0.385 e. The molecule has 0 saturated carbocycles. The van der Waals surface area contributed by atoms with E-state index in [9.17, 15) is 14.8 Å². The van der Waals surface area contributed by atoms with Crippen molar-refractivity contribution in [1.82, 2.24) is 19.5 Å². The summed E-state index contributed by atoms with van der Waals surface area (Å²) < 4.78 is 36.8. The van der Waals surface area contributed by atoms with Gasteiger partial charge >= 0.3 is 7.82 Å². The molecule has 0 bridgehead atoms. The number of halogens is 2. The number of aromatic nitrogens is 4. The number of aliphatic hydroxyl groups excluding tert-OH is 1. The molecule has 0 amide bonds. The minimum absolute atomic E-state index is 0.0488. The first-order chi connectivity index (χ1) is 16.1. The van der Waals surface area contributed by atoms with Crippen LogP contribution < -0.4 is 5.73 Å². The predicted octanol–water partition coefficient (Wildman–Crippen LogP) is 2.98. The number of hydrogen-bond donors (Lipinski definition) is 3. The van der Waals surface area contributed by atoms with Crippen LogP contribution in [0, 0.1) is 0 Å². The lowest BCUT2D eigenvalue weighted by Crippen LogP contribution is -2.44. The lowest BCUT2D eigenvalue weighted by atomic mass is 9.99. The molecule has 0 spiro atoms. The van der Waals surface area contributed by atoms with Crippen LogP contribution in [0.1, 0.15) is 31.2 Å². The van der Waals surface area contributed by atoms with E-state index in [4.69, 9.17) is 47.2 Å². The number of nitrogens with zero attached hydrogens (tertiary/aromatic N) is 4. The summed E-state index contributed by atoms with van der Waals surface area (Å²) in [4.78, 5) is 12.1. The molecule has 4 heterocycles. The molecule has 0 radical (unpaired) electrons. The third kappa shape index (κ3) is 4.09. The lowest BCUT2D eigenvalue weighted by Gasteiger charge is -2.31. The van der Waals surface area contributed by atoms with Gasteiger partial charge in [0.15, 0.2) is 17.7 Å². The number of nitrogen functional groups attached to an aromatic ring is 1. The fraction of sp³-hybridized carbons (Fsp3) is 0.421.